The van der Waals surface area contributed by atoms with Gasteiger partial charge in [0.05, 0.1) is 17.0 Å². The van der Waals surface area contributed by atoms with E-state index in [1.807, 2.05) is 0 Å². The number of hydrogen-bond acceptors (Lipinski definition) is 7. The molecule has 0 fully saturated rings. The van der Waals surface area contributed by atoms with E-state index < -0.39 is 36.6 Å². The smallest absolute Gasteiger partial charge is 0.357 e. The van der Waals surface area contributed by atoms with Crippen molar-refractivity contribution in [3.8, 4) is 0 Å². The number of carbonyl (C=O) groups excluding carboxylic acids is 1. The summed E-state index contributed by atoms with van der Waals surface area (Å²) < 4.78 is 61.4. The van der Waals surface area contributed by atoms with Crippen LogP contribution >= 0.6 is 11.6 Å². The molecule has 12 heteroatoms. The van der Waals surface area contributed by atoms with Crippen LogP contribution in [0.1, 0.15) is 17.4 Å². The molecule has 2 aromatic carbocycles. The topological polar surface area (TPSA) is 124 Å². The molecule has 3 aromatic rings. The molecule has 0 atom stereocenters. The second-order valence-electron chi connectivity index (χ2n) is 5.90. The summed E-state index contributed by atoms with van der Waals surface area (Å²) in [5.41, 5.74) is -0.776. The minimum Gasteiger partial charge on any atom is -0.461 e. The third kappa shape index (κ3) is 3.71. The summed E-state index contributed by atoms with van der Waals surface area (Å²) in [6, 6.07) is 11.2. The van der Waals surface area contributed by atoms with Gasteiger partial charge in [0.15, 0.2) is 5.69 Å². The summed E-state index contributed by atoms with van der Waals surface area (Å²) in [6.45, 7) is 1.40. The maximum atomic E-state index is 13.4. The maximum absolute atomic E-state index is 13.4. The Hall–Kier alpha value is -2.76. The first-order valence-electron chi connectivity index (χ1n) is 8.53. The van der Waals surface area contributed by atoms with E-state index in [0.717, 1.165) is 7.05 Å². The van der Waals surface area contributed by atoms with Gasteiger partial charge in [0.1, 0.15) is 4.90 Å². The van der Waals surface area contributed by atoms with Gasteiger partial charge in [-0.05, 0) is 37.3 Å². The zero-order valence-electron chi connectivity index (χ0n) is 15.8. The lowest BCUT2D eigenvalue weighted by molar-refractivity contribution is 0.0514. The van der Waals surface area contributed by atoms with E-state index in [-0.39, 0.29) is 27.4 Å². The van der Waals surface area contributed by atoms with Gasteiger partial charge in [0.2, 0.25) is 0 Å². The minimum absolute atomic E-state index is 0.0730. The number of ether oxygens (including phenoxy) is 1. The molecule has 1 aromatic heterocycles. The molecule has 0 aliphatic carbocycles. The summed E-state index contributed by atoms with van der Waals surface area (Å²) in [4.78, 5) is 12.0. The molecule has 1 heterocycles. The van der Waals surface area contributed by atoms with Crippen LogP contribution in [0.25, 0.3) is 10.9 Å². The van der Waals surface area contributed by atoms with Crippen LogP contribution in [0.4, 0.5) is 0 Å². The first-order chi connectivity index (χ1) is 14.1. The molecule has 0 radical (unpaired) electrons. The van der Waals surface area contributed by atoms with Gasteiger partial charge in [0.25, 0.3) is 10.0 Å². The Balaban J connectivity index is 2.58. The number of carbonyl (C=O) groups is 1. The summed E-state index contributed by atoms with van der Waals surface area (Å²) in [5, 5.41) is 3.32. The van der Waals surface area contributed by atoms with Crippen LogP contribution in [-0.4, -0.2) is 40.4 Å². The first-order valence-corrected chi connectivity index (χ1v) is 11.8. The van der Waals surface area contributed by atoms with Gasteiger partial charge in [-0.1, -0.05) is 34.3 Å². The summed E-state index contributed by atoms with van der Waals surface area (Å²) in [6.07, 6.45) is 0. The van der Waals surface area contributed by atoms with Crippen LogP contribution in [-0.2, 0) is 24.8 Å². The van der Waals surface area contributed by atoms with Gasteiger partial charge in [-0.25, -0.2) is 17.2 Å². The van der Waals surface area contributed by atoms with Crippen LogP contribution in [0.5, 0.6) is 0 Å². The molecule has 0 aliphatic heterocycles. The zero-order chi connectivity index (χ0) is 22.1. The van der Waals surface area contributed by atoms with Crippen LogP contribution in [0, 0.1) is 0 Å². The van der Waals surface area contributed by atoms with Gasteiger partial charge in [-0.3, -0.25) is 0 Å². The van der Waals surface area contributed by atoms with Crippen molar-refractivity contribution in [2.75, 3.05) is 13.7 Å². The fourth-order valence-electron chi connectivity index (χ4n) is 2.94. The highest BCUT2D eigenvalue weighted by Gasteiger charge is 2.37. The van der Waals surface area contributed by atoms with Crippen LogP contribution in [0.15, 0.2) is 68.0 Å². The van der Waals surface area contributed by atoms with Gasteiger partial charge in [-0.15, -0.1) is 0 Å². The van der Waals surface area contributed by atoms with Crippen molar-refractivity contribution >= 4 is 48.5 Å². The number of halogens is 1. The predicted octanol–water partition coefficient (Wildman–Crippen LogP) is 3.48. The molecule has 30 heavy (non-hydrogen) atoms. The van der Waals surface area contributed by atoms with Crippen LogP contribution in [0.3, 0.4) is 0 Å². The number of fused-ring (bicyclic) bond motifs is 1. The number of rotatable bonds is 6. The Kier molecular flexibility index (Phi) is 5.97. The molecule has 0 bridgehead atoms. The zero-order valence-corrected chi connectivity index (χ0v) is 18.2. The molecule has 0 spiro atoms. The largest absolute Gasteiger partial charge is 0.461 e. The summed E-state index contributed by atoms with van der Waals surface area (Å²) in [5.74, 6) is -1.14. The van der Waals surface area contributed by atoms with E-state index in [2.05, 4.69) is 9.63 Å². The third-order valence-electron chi connectivity index (χ3n) is 4.04. The average Bonchev–Trinajstić information content (AvgIpc) is 3.04. The van der Waals surface area contributed by atoms with Gasteiger partial charge < -0.3 is 4.74 Å². The van der Waals surface area contributed by atoms with Crippen molar-refractivity contribution in [2.24, 2.45) is 9.63 Å². The fourth-order valence-corrected chi connectivity index (χ4v) is 5.86. The second-order valence-corrected chi connectivity index (χ2v) is 9.64. The summed E-state index contributed by atoms with van der Waals surface area (Å²) >= 11 is 6.03. The fraction of sp³-hybridized carbons (Fsp3) is 0.167. The van der Waals surface area contributed by atoms with E-state index in [9.17, 15) is 21.6 Å². The molecule has 0 N–H and O–H groups in total. The lowest BCUT2D eigenvalue weighted by atomic mass is 10.2. The standard InChI is InChI=1S/C18H16ClN3O6S2/c1-3-28-18(23)16-17(29(24,25)21-20-2)14-11-12(19)9-10-15(14)22(16)30(26,27)13-7-5-4-6-8-13/h4-11H,3H2,1-2H3. The highest BCUT2D eigenvalue weighted by atomic mass is 35.5. The third-order valence-corrected chi connectivity index (χ3v) is 7.31. The van der Waals surface area contributed by atoms with Crippen molar-refractivity contribution < 1.29 is 26.4 Å². The highest BCUT2D eigenvalue weighted by Crippen LogP contribution is 2.36. The van der Waals surface area contributed by atoms with Gasteiger partial charge >= 0.3 is 16.0 Å². The quantitative estimate of drug-likeness (QED) is 0.402. The Morgan fingerprint density at radius 1 is 1.10 bits per heavy atom. The molecular formula is C18H16ClN3O6S2. The van der Waals surface area contributed by atoms with E-state index >= 15 is 0 Å². The monoisotopic (exact) mass is 469 g/mol. The molecule has 158 valence electrons. The maximum Gasteiger partial charge on any atom is 0.357 e. The van der Waals surface area contributed by atoms with Crippen molar-refractivity contribution in [1.82, 2.24) is 3.97 Å². The lowest BCUT2D eigenvalue weighted by Gasteiger charge is -2.12. The molecule has 3 rings (SSSR count). The molecule has 0 unspecified atom stereocenters. The first kappa shape index (κ1) is 21.9. The van der Waals surface area contributed by atoms with Crippen molar-refractivity contribution in [3.05, 3.63) is 59.2 Å². The molecular weight excluding hydrogens is 454 g/mol. The number of sulfonamides is 1. The van der Waals surface area contributed by atoms with Crippen molar-refractivity contribution in [3.63, 3.8) is 0 Å². The SMILES string of the molecule is CCOC(=O)c1c(S(=O)(=O)N=NC)c2cc(Cl)ccc2n1S(=O)(=O)c1ccccc1. The molecule has 9 nitrogen and oxygen atoms in total. The minimum atomic E-state index is -4.56. The number of aromatic nitrogens is 1. The normalized spacial score (nSPS) is 12.5. The Morgan fingerprint density at radius 3 is 2.37 bits per heavy atom. The molecule has 0 saturated carbocycles. The number of benzene rings is 2. The molecule has 0 aliphatic rings. The molecule has 0 amide bonds. The number of hydrogen-bond donors (Lipinski definition) is 0. The Bertz CT molecular complexity index is 1360. The number of esters is 1. The molecule has 0 saturated heterocycles. The lowest BCUT2D eigenvalue weighted by Crippen LogP contribution is -2.21. The highest BCUT2D eigenvalue weighted by molar-refractivity contribution is 7.91. The average molecular weight is 470 g/mol. The second kappa shape index (κ2) is 8.17. The van der Waals surface area contributed by atoms with Crippen LogP contribution in [0.2, 0.25) is 5.02 Å². The van der Waals surface area contributed by atoms with E-state index in [0.29, 0.717) is 3.97 Å². The van der Waals surface area contributed by atoms with Crippen molar-refractivity contribution in [2.45, 2.75) is 16.7 Å². The van der Waals surface area contributed by atoms with Gasteiger partial charge in [0, 0.05) is 17.5 Å². The Morgan fingerprint density at radius 2 is 1.77 bits per heavy atom. The van der Waals surface area contributed by atoms with E-state index in [1.54, 1.807) is 6.07 Å². The number of nitrogens with zero attached hydrogens (tertiary/aromatic N) is 3. The van der Waals surface area contributed by atoms with Gasteiger partial charge in [-0.2, -0.15) is 13.5 Å². The van der Waals surface area contributed by atoms with Crippen LogP contribution < -0.4 is 0 Å². The predicted molar refractivity (Wildman–Crippen MR) is 110 cm³/mol. The van der Waals surface area contributed by atoms with E-state index in [4.69, 9.17) is 16.3 Å². The van der Waals surface area contributed by atoms with Crippen molar-refractivity contribution in [1.29, 1.82) is 0 Å². The Labute approximate surface area is 178 Å². The van der Waals surface area contributed by atoms with E-state index in [1.165, 1.54) is 49.4 Å². The summed E-state index contributed by atoms with van der Waals surface area (Å²) in [7, 11) is -7.81.